The summed E-state index contributed by atoms with van der Waals surface area (Å²) in [4.78, 5) is -0.0170. The molecule has 0 aromatic heterocycles. The largest absolute Gasteiger partial charge is 0.329 e. The normalized spacial score (nSPS) is 13.5. The van der Waals surface area contributed by atoms with Crippen LogP contribution in [-0.4, -0.2) is 21.0 Å². The Balaban J connectivity index is 2.94. The molecule has 0 heterocycles. The molecule has 0 radical (unpaired) electrons. The molecule has 0 fully saturated rings. The number of hydrogen-bond donors (Lipinski definition) is 2. The maximum atomic E-state index is 12.2. The van der Waals surface area contributed by atoms with E-state index in [-0.39, 0.29) is 27.5 Å². The van der Waals surface area contributed by atoms with Crippen LogP contribution in [0.5, 0.6) is 0 Å². The maximum absolute atomic E-state index is 12.2. The fraction of sp³-hybridized carbons (Fsp3) is 0.500. The minimum Gasteiger partial charge on any atom is -0.329 e. The van der Waals surface area contributed by atoms with E-state index in [0.717, 1.165) is 12.8 Å². The molecule has 7 heteroatoms. The zero-order valence-corrected chi connectivity index (χ0v) is 13.0. The predicted octanol–water partition coefficient (Wildman–Crippen LogP) is 2.79. The molecule has 0 aliphatic carbocycles. The van der Waals surface area contributed by atoms with Crippen molar-refractivity contribution in [3.8, 4) is 0 Å². The molecule has 4 nitrogen and oxygen atoms in total. The van der Waals surface area contributed by atoms with Gasteiger partial charge in [-0.15, -0.1) is 0 Å². The molecule has 0 spiro atoms. The molecule has 108 valence electrons. The van der Waals surface area contributed by atoms with Crippen molar-refractivity contribution in [3.05, 3.63) is 28.2 Å². The van der Waals surface area contributed by atoms with E-state index in [0.29, 0.717) is 6.42 Å². The Kier molecular flexibility index (Phi) is 6.56. The maximum Gasteiger partial charge on any atom is 0.242 e. The number of benzene rings is 1. The molecule has 0 bridgehead atoms. The fourth-order valence-corrected chi connectivity index (χ4v) is 3.69. The third kappa shape index (κ3) is 4.61. The first-order valence-corrected chi connectivity index (χ1v) is 8.32. The molecule has 0 saturated carbocycles. The lowest BCUT2D eigenvalue weighted by Gasteiger charge is -2.17. The molecule has 0 aliphatic rings. The Labute approximate surface area is 124 Å². The Hall–Kier alpha value is -0.330. The molecular formula is C12H18Cl2N2O2S. The summed E-state index contributed by atoms with van der Waals surface area (Å²) >= 11 is 11.8. The van der Waals surface area contributed by atoms with E-state index in [1.807, 2.05) is 6.92 Å². The number of halogens is 2. The van der Waals surface area contributed by atoms with Crippen LogP contribution in [0.1, 0.15) is 26.2 Å². The smallest absolute Gasteiger partial charge is 0.242 e. The molecule has 1 atom stereocenters. The number of rotatable bonds is 7. The quantitative estimate of drug-likeness (QED) is 0.810. The number of sulfonamides is 1. The summed E-state index contributed by atoms with van der Waals surface area (Å²) < 4.78 is 27.0. The van der Waals surface area contributed by atoms with Crippen LogP contribution in [0.2, 0.25) is 10.0 Å². The van der Waals surface area contributed by atoms with Gasteiger partial charge in [0.05, 0.1) is 10.0 Å². The molecule has 1 rings (SSSR count). The predicted molar refractivity (Wildman–Crippen MR) is 79.2 cm³/mol. The van der Waals surface area contributed by atoms with Gasteiger partial charge in [0.15, 0.2) is 0 Å². The molecule has 0 amide bonds. The van der Waals surface area contributed by atoms with Gasteiger partial charge in [0.1, 0.15) is 4.90 Å². The van der Waals surface area contributed by atoms with Crippen molar-refractivity contribution in [2.24, 2.45) is 5.73 Å². The summed E-state index contributed by atoms with van der Waals surface area (Å²) in [6, 6.07) is 4.22. The third-order valence-electron chi connectivity index (χ3n) is 2.72. The van der Waals surface area contributed by atoms with Crippen LogP contribution in [0.25, 0.3) is 0 Å². The Bertz CT molecular complexity index is 520. The summed E-state index contributed by atoms with van der Waals surface area (Å²) in [6.07, 6.45) is 2.59. The second-order valence-corrected chi connectivity index (χ2v) is 6.72. The standard InChI is InChI=1S/C12H18Cl2N2O2S/c1-2-3-5-9(8-15)16-19(17,18)11-7-4-6-10(13)12(11)14/h4,6-7,9,16H,2-3,5,8,15H2,1H3. The van der Waals surface area contributed by atoms with Gasteiger partial charge in [-0.1, -0.05) is 49.0 Å². The Morgan fingerprint density at radius 3 is 2.63 bits per heavy atom. The molecule has 3 N–H and O–H groups in total. The lowest BCUT2D eigenvalue weighted by atomic mass is 10.1. The monoisotopic (exact) mass is 324 g/mol. The highest BCUT2D eigenvalue weighted by molar-refractivity contribution is 7.89. The molecule has 0 aliphatic heterocycles. The van der Waals surface area contributed by atoms with Crippen LogP contribution < -0.4 is 10.5 Å². The highest BCUT2D eigenvalue weighted by atomic mass is 35.5. The van der Waals surface area contributed by atoms with Crippen LogP contribution in [-0.2, 0) is 10.0 Å². The van der Waals surface area contributed by atoms with Crippen molar-refractivity contribution < 1.29 is 8.42 Å². The van der Waals surface area contributed by atoms with Gasteiger partial charge in [0.2, 0.25) is 10.0 Å². The van der Waals surface area contributed by atoms with E-state index >= 15 is 0 Å². The van der Waals surface area contributed by atoms with Gasteiger partial charge in [0, 0.05) is 12.6 Å². The van der Waals surface area contributed by atoms with Crippen LogP contribution in [0.15, 0.2) is 23.1 Å². The number of unbranched alkanes of at least 4 members (excludes halogenated alkanes) is 1. The van der Waals surface area contributed by atoms with Gasteiger partial charge in [-0.2, -0.15) is 0 Å². The van der Waals surface area contributed by atoms with Crippen molar-refractivity contribution in [2.45, 2.75) is 37.1 Å². The highest BCUT2D eigenvalue weighted by Gasteiger charge is 2.22. The first-order valence-electron chi connectivity index (χ1n) is 6.08. The van der Waals surface area contributed by atoms with Crippen molar-refractivity contribution in [3.63, 3.8) is 0 Å². The first kappa shape index (κ1) is 16.7. The summed E-state index contributed by atoms with van der Waals surface area (Å²) in [6.45, 7) is 2.29. The van der Waals surface area contributed by atoms with Gasteiger partial charge in [-0.25, -0.2) is 13.1 Å². The average Bonchev–Trinajstić information content (AvgIpc) is 2.37. The van der Waals surface area contributed by atoms with E-state index in [1.54, 1.807) is 12.1 Å². The van der Waals surface area contributed by atoms with Gasteiger partial charge in [0.25, 0.3) is 0 Å². The molecule has 1 aromatic carbocycles. The minimum absolute atomic E-state index is 0.0170. The Morgan fingerprint density at radius 2 is 2.05 bits per heavy atom. The molecule has 1 aromatic rings. The van der Waals surface area contributed by atoms with Crippen LogP contribution in [0.3, 0.4) is 0 Å². The summed E-state index contributed by atoms with van der Waals surface area (Å²) in [5.74, 6) is 0. The van der Waals surface area contributed by atoms with Crippen molar-refractivity contribution >= 4 is 33.2 Å². The van der Waals surface area contributed by atoms with Crippen molar-refractivity contribution in [1.82, 2.24) is 4.72 Å². The molecule has 0 saturated heterocycles. The van der Waals surface area contributed by atoms with Crippen LogP contribution in [0, 0.1) is 0 Å². The van der Waals surface area contributed by atoms with E-state index in [9.17, 15) is 8.42 Å². The van der Waals surface area contributed by atoms with Gasteiger partial charge >= 0.3 is 0 Å². The first-order chi connectivity index (χ1) is 8.92. The molecule has 1 unspecified atom stereocenters. The number of hydrogen-bond acceptors (Lipinski definition) is 3. The lowest BCUT2D eigenvalue weighted by molar-refractivity contribution is 0.516. The number of nitrogens with one attached hydrogen (secondary N) is 1. The van der Waals surface area contributed by atoms with E-state index in [4.69, 9.17) is 28.9 Å². The zero-order valence-electron chi connectivity index (χ0n) is 10.7. The lowest BCUT2D eigenvalue weighted by Crippen LogP contribution is -2.40. The van der Waals surface area contributed by atoms with E-state index in [1.165, 1.54) is 6.07 Å². The van der Waals surface area contributed by atoms with Crippen LogP contribution in [0.4, 0.5) is 0 Å². The third-order valence-corrected chi connectivity index (χ3v) is 5.21. The fourth-order valence-electron chi connectivity index (χ4n) is 1.65. The van der Waals surface area contributed by atoms with Gasteiger partial charge in [-0.05, 0) is 18.6 Å². The summed E-state index contributed by atoms with van der Waals surface area (Å²) in [5, 5.41) is 0.241. The second kappa shape index (κ2) is 7.45. The zero-order chi connectivity index (χ0) is 14.5. The summed E-state index contributed by atoms with van der Waals surface area (Å²) in [7, 11) is -3.70. The Morgan fingerprint density at radius 1 is 1.37 bits per heavy atom. The van der Waals surface area contributed by atoms with E-state index in [2.05, 4.69) is 4.72 Å². The van der Waals surface area contributed by atoms with Gasteiger partial charge in [-0.3, -0.25) is 0 Å². The van der Waals surface area contributed by atoms with Crippen molar-refractivity contribution in [1.29, 1.82) is 0 Å². The number of nitrogens with two attached hydrogens (primary N) is 1. The average molecular weight is 325 g/mol. The summed E-state index contributed by atoms with van der Waals surface area (Å²) in [5.41, 5.74) is 5.58. The SMILES string of the molecule is CCCCC(CN)NS(=O)(=O)c1cccc(Cl)c1Cl. The van der Waals surface area contributed by atoms with E-state index < -0.39 is 10.0 Å². The molecular weight excluding hydrogens is 307 g/mol. The highest BCUT2D eigenvalue weighted by Crippen LogP contribution is 2.28. The minimum atomic E-state index is -3.70. The molecule has 19 heavy (non-hydrogen) atoms. The van der Waals surface area contributed by atoms with Crippen LogP contribution >= 0.6 is 23.2 Å². The second-order valence-electron chi connectivity index (χ2n) is 4.25. The van der Waals surface area contributed by atoms with Gasteiger partial charge < -0.3 is 5.73 Å². The topological polar surface area (TPSA) is 72.2 Å². The van der Waals surface area contributed by atoms with Crippen molar-refractivity contribution in [2.75, 3.05) is 6.54 Å².